The third-order valence-electron chi connectivity index (χ3n) is 2.57. The van der Waals surface area contributed by atoms with Crippen molar-refractivity contribution in [1.82, 2.24) is 4.90 Å². The van der Waals surface area contributed by atoms with E-state index in [2.05, 4.69) is 5.16 Å². The Bertz CT molecular complexity index is 524. The van der Waals surface area contributed by atoms with Crippen LogP contribution in [0.3, 0.4) is 0 Å². The lowest BCUT2D eigenvalue weighted by Crippen LogP contribution is -2.43. The van der Waals surface area contributed by atoms with Gasteiger partial charge in [-0.05, 0) is 13.8 Å². The molecule has 8 heteroatoms. The highest BCUT2D eigenvalue weighted by Gasteiger charge is 2.26. The first-order valence-electron chi connectivity index (χ1n) is 5.69. The predicted octanol–water partition coefficient (Wildman–Crippen LogP) is 1.70. The molecule has 1 aromatic carbocycles. The molecular weight excluding hydrogens is 275 g/mol. The second kappa shape index (κ2) is 6.27. The predicted molar refractivity (Wildman–Crippen MR) is 65.9 cm³/mol. The normalized spacial score (nSPS) is 11.8. The summed E-state index contributed by atoms with van der Waals surface area (Å²) < 4.78 is 40.0. The number of carbonyl (C=O) groups excluding carboxylic acids is 1. The van der Waals surface area contributed by atoms with Gasteiger partial charge in [0, 0.05) is 18.2 Å². The summed E-state index contributed by atoms with van der Waals surface area (Å²) in [5.41, 5.74) is 4.40. The van der Waals surface area contributed by atoms with Gasteiger partial charge in [-0.15, -0.1) is 0 Å². The Kier molecular flexibility index (Phi) is 4.95. The average Bonchev–Trinajstić information content (AvgIpc) is 2.33. The molecule has 5 nitrogen and oxygen atoms in total. The molecule has 0 aliphatic heterocycles. The molecule has 20 heavy (non-hydrogen) atoms. The first-order chi connectivity index (χ1) is 9.27. The van der Waals surface area contributed by atoms with Crippen molar-refractivity contribution in [3.8, 4) is 0 Å². The van der Waals surface area contributed by atoms with Crippen LogP contribution in [0.15, 0.2) is 17.3 Å². The van der Waals surface area contributed by atoms with Gasteiger partial charge in [0.1, 0.15) is 23.0 Å². The lowest BCUT2D eigenvalue weighted by atomic mass is 10.1. The molecule has 0 spiro atoms. The molecule has 0 bridgehead atoms. The van der Waals surface area contributed by atoms with E-state index in [-0.39, 0.29) is 12.4 Å². The number of oxime groups is 1. The van der Waals surface area contributed by atoms with E-state index in [1.165, 1.54) is 0 Å². The van der Waals surface area contributed by atoms with Gasteiger partial charge in [0.25, 0.3) is 5.91 Å². The Hall–Kier alpha value is -2.25. The van der Waals surface area contributed by atoms with Crippen molar-refractivity contribution in [2.24, 2.45) is 10.9 Å². The number of benzene rings is 1. The molecule has 1 aromatic rings. The molecule has 110 valence electrons. The van der Waals surface area contributed by atoms with E-state index in [9.17, 15) is 18.0 Å². The second-order valence-electron chi connectivity index (χ2n) is 4.36. The van der Waals surface area contributed by atoms with Crippen LogP contribution in [-0.4, -0.2) is 34.4 Å². The monoisotopic (exact) mass is 289 g/mol. The number of hydrogen-bond acceptors (Lipinski definition) is 3. The van der Waals surface area contributed by atoms with E-state index in [4.69, 9.17) is 10.9 Å². The minimum absolute atomic E-state index is 0.296. The van der Waals surface area contributed by atoms with Crippen molar-refractivity contribution in [1.29, 1.82) is 0 Å². The van der Waals surface area contributed by atoms with Gasteiger partial charge < -0.3 is 15.8 Å². The molecule has 0 aliphatic carbocycles. The highest BCUT2D eigenvalue weighted by atomic mass is 19.1. The number of amidine groups is 1. The number of amides is 1. The Balaban J connectivity index is 3.20. The van der Waals surface area contributed by atoms with Gasteiger partial charge in [-0.25, -0.2) is 13.2 Å². The highest BCUT2D eigenvalue weighted by Crippen LogP contribution is 2.18. The Morgan fingerprint density at radius 2 is 1.85 bits per heavy atom. The molecule has 0 aliphatic rings. The fourth-order valence-electron chi connectivity index (χ4n) is 1.59. The summed E-state index contributed by atoms with van der Waals surface area (Å²) in [6.07, 6.45) is 0. The number of hydrogen-bond donors (Lipinski definition) is 2. The summed E-state index contributed by atoms with van der Waals surface area (Å²) in [6, 6.07) is 0.364. The van der Waals surface area contributed by atoms with Gasteiger partial charge in [-0.3, -0.25) is 4.79 Å². The van der Waals surface area contributed by atoms with Crippen LogP contribution in [0.4, 0.5) is 13.2 Å². The standard InChI is InChI=1S/C12H14F3N3O2/c1-6(2)18(5-10(16)17-20)12(19)11-8(14)3-7(13)4-9(11)15/h3-4,6,20H,5H2,1-2H3,(H2,16,17). The van der Waals surface area contributed by atoms with Gasteiger partial charge in [0.15, 0.2) is 5.84 Å². The lowest BCUT2D eigenvalue weighted by molar-refractivity contribution is 0.0724. The highest BCUT2D eigenvalue weighted by molar-refractivity contribution is 5.97. The van der Waals surface area contributed by atoms with Crippen molar-refractivity contribution in [3.05, 3.63) is 35.1 Å². The van der Waals surface area contributed by atoms with Gasteiger partial charge in [0.05, 0.1) is 6.54 Å². The second-order valence-corrected chi connectivity index (χ2v) is 4.36. The summed E-state index contributed by atoms with van der Waals surface area (Å²) in [7, 11) is 0. The van der Waals surface area contributed by atoms with E-state index in [1.807, 2.05) is 0 Å². The van der Waals surface area contributed by atoms with Crippen LogP contribution in [0.5, 0.6) is 0 Å². The SMILES string of the molecule is CC(C)N(CC(N)=NO)C(=O)c1c(F)cc(F)cc1F. The molecule has 0 heterocycles. The van der Waals surface area contributed by atoms with Crippen LogP contribution < -0.4 is 5.73 Å². The van der Waals surface area contributed by atoms with Crippen molar-refractivity contribution >= 4 is 11.7 Å². The molecule has 0 aromatic heterocycles. The zero-order valence-corrected chi connectivity index (χ0v) is 10.9. The van der Waals surface area contributed by atoms with Crippen molar-refractivity contribution in [2.75, 3.05) is 6.54 Å². The summed E-state index contributed by atoms with van der Waals surface area (Å²) in [5, 5.41) is 11.2. The maximum Gasteiger partial charge on any atom is 0.260 e. The van der Waals surface area contributed by atoms with Crippen LogP contribution >= 0.6 is 0 Å². The zero-order valence-electron chi connectivity index (χ0n) is 10.9. The number of nitrogens with zero attached hydrogens (tertiary/aromatic N) is 2. The number of nitrogens with two attached hydrogens (primary N) is 1. The molecule has 3 N–H and O–H groups in total. The van der Waals surface area contributed by atoms with Gasteiger partial charge >= 0.3 is 0 Å². The molecule has 0 saturated carbocycles. The molecule has 0 radical (unpaired) electrons. The Morgan fingerprint density at radius 1 is 1.35 bits per heavy atom. The fourth-order valence-corrected chi connectivity index (χ4v) is 1.59. The lowest BCUT2D eigenvalue weighted by Gasteiger charge is -2.26. The van der Waals surface area contributed by atoms with Crippen LogP contribution in [0.2, 0.25) is 0 Å². The summed E-state index contributed by atoms with van der Waals surface area (Å²) in [6.45, 7) is 2.85. The molecule has 0 saturated heterocycles. The van der Waals surface area contributed by atoms with Crippen molar-refractivity contribution in [2.45, 2.75) is 19.9 Å². The van der Waals surface area contributed by atoms with E-state index in [1.54, 1.807) is 13.8 Å². The molecule has 1 amide bonds. The molecule has 0 unspecified atom stereocenters. The fraction of sp³-hybridized carbons (Fsp3) is 0.333. The number of rotatable bonds is 4. The van der Waals surface area contributed by atoms with Crippen LogP contribution in [0, 0.1) is 17.5 Å². The maximum absolute atomic E-state index is 13.6. The van der Waals surface area contributed by atoms with E-state index in [0.717, 1.165) is 4.90 Å². The van der Waals surface area contributed by atoms with Gasteiger partial charge in [-0.1, -0.05) is 5.16 Å². The average molecular weight is 289 g/mol. The van der Waals surface area contributed by atoms with Crippen molar-refractivity contribution < 1.29 is 23.2 Å². The van der Waals surface area contributed by atoms with Crippen LogP contribution in [-0.2, 0) is 0 Å². The third kappa shape index (κ3) is 3.40. The van der Waals surface area contributed by atoms with E-state index >= 15 is 0 Å². The summed E-state index contributed by atoms with van der Waals surface area (Å²) in [5.74, 6) is -5.05. The van der Waals surface area contributed by atoms with Gasteiger partial charge in [-0.2, -0.15) is 0 Å². The minimum Gasteiger partial charge on any atom is -0.409 e. The number of carbonyl (C=O) groups is 1. The third-order valence-corrected chi connectivity index (χ3v) is 2.57. The minimum atomic E-state index is -1.31. The first kappa shape index (κ1) is 15.8. The molecular formula is C12H14F3N3O2. The molecule has 1 rings (SSSR count). The Labute approximate surface area is 113 Å². The maximum atomic E-state index is 13.6. The van der Waals surface area contributed by atoms with Gasteiger partial charge in [0.2, 0.25) is 0 Å². The van der Waals surface area contributed by atoms with Crippen molar-refractivity contribution in [3.63, 3.8) is 0 Å². The number of halogens is 3. The van der Waals surface area contributed by atoms with E-state index in [0.29, 0.717) is 12.1 Å². The smallest absolute Gasteiger partial charge is 0.260 e. The largest absolute Gasteiger partial charge is 0.409 e. The molecule has 0 atom stereocenters. The van der Waals surface area contributed by atoms with Crippen LogP contribution in [0.1, 0.15) is 24.2 Å². The van der Waals surface area contributed by atoms with E-state index < -0.39 is 35.0 Å². The van der Waals surface area contributed by atoms with Crippen LogP contribution in [0.25, 0.3) is 0 Å². The zero-order chi connectivity index (χ0) is 15.4. The quantitative estimate of drug-likeness (QED) is 0.383. The topological polar surface area (TPSA) is 78.9 Å². The Morgan fingerprint density at radius 3 is 2.25 bits per heavy atom. The molecule has 0 fully saturated rings. The summed E-state index contributed by atoms with van der Waals surface area (Å²) >= 11 is 0. The summed E-state index contributed by atoms with van der Waals surface area (Å²) in [4.78, 5) is 13.1. The first-order valence-corrected chi connectivity index (χ1v) is 5.69.